The first-order valence-corrected chi connectivity index (χ1v) is 10.6. The van der Waals surface area contributed by atoms with E-state index in [0.29, 0.717) is 23.2 Å². The van der Waals surface area contributed by atoms with Crippen LogP contribution in [-0.2, 0) is 9.59 Å². The summed E-state index contributed by atoms with van der Waals surface area (Å²) in [6, 6.07) is 11.5. The molecule has 9 heteroatoms. The van der Waals surface area contributed by atoms with E-state index in [9.17, 15) is 19.2 Å². The number of benzene rings is 2. The highest BCUT2D eigenvalue weighted by Crippen LogP contribution is 2.43. The molecule has 2 aromatic carbocycles. The minimum Gasteiger partial charge on any atom is -0.345 e. The largest absolute Gasteiger partial charge is 0.345 e. The lowest BCUT2D eigenvalue weighted by Crippen LogP contribution is -2.63. The Morgan fingerprint density at radius 3 is 2.59 bits per heavy atom. The summed E-state index contributed by atoms with van der Waals surface area (Å²) < 4.78 is 0. The van der Waals surface area contributed by atoms with Crippen molar-refractivity contribution in [3.8, 4) is 0 Å². The maximum atomic E-state index is 13.3. The monoisotopic (exact) mass is 454 g/mol. The Labute approximate surface area is 190 Å². The van der Waals surface area contributed by atoms with Gasteiger partial charge in [-0.25, -0.2) is 0 Å². The van der Waals surface area contributed by atoms with Crippen molar-refractivity contribution in [3.05, 3.63) is 58.6 Å². The van der Waals surface area contributed by atoms with Gasteiger partial charge in [-0.1, -0.05) is 23.7 Å². The minimum absolute atomic E-state index is 0.0872. The van der Waals surface area contributed by atoms with Gasteiger partial charge in [0.05, 0.1) is 22.0 Å². The number of rotatable bonds is 4. The smallest absolute Gasteiger partial charge is 0.258 e. The zero-order valence-electron chi connectivity index (χ0n) is 18.0. The molecule has 1 unspecified atom stereocenters. The highest BCUT2D eigenvalue weighted by molar-refractivity contribution is 6.34. The van der Waals surface area contributed by atoms with Crippen molar-refractivity contribution in [2.45, 2.75) is 25.4 Å². The van der Waals surface area contributed by atoms with Crippen molar-refractivity contribution >= 4 is 46.6 Å². The number of hydrogen-bond acceptors (Lipinski definition) is 4. The molecule has 0 saturated carbocycles. The molecule has 1 atom stereocenters. The van der Waals surface area contributed by atoms with Crippen molar-refractivity contribution in [1.82, 2.24) is 9.80 Å². The van der Waals surface area contributed by atoms with Crippen molar-refractivity contribution in [2.24, 2.45) is 0 Å². The predicted molar refractivity (Wildman–Crippen MR) is 121 cm³/mol. The second kappa shape index (κ2) is 7.94. The van der Waals surface area contributed by atoms with E-state index in [0.717, 1.165) is 0 Å². The molecule has 4 amide bonds. The standard InChI is InChI=1S/C23H23ClN4O4/c1-23-11-10-20(30)28(23)18-7-5-4-6-15(18)22(32)27(23)13-19(29)25-17-12-14(8-9-16(17)24)21(31)26(2)3/h4-9,12H,10-11,13H2,1-3H3,(H,25,29). The number of fused-ring (bicyclic) bond motifs is 3. The molecule has 2 heterocycles. The number of halogens is 1. The van der Waals surface area contributed by atoms with Crippen LogP contribution in [0.15, 0.2) is 42.5 Å². The molecule has 32 heavy (non-hydrogen) atoms. The fourth-order valence-corrected chi connectivity index (χ4v) is 4.45. The number of para-hydroxylation sites is 1. The van der Waals surface area contributed by atoms with Crippen LogP contribution in [0.5, 0.6) is 0 Å². The van der Waals surface area contributed by atoms with Crippen molar-refractivity contribution < 1.29 is 19.2 Å². The number of hydrogen-bond donors (Lipinski definition) is 1. The van der Waals surface area contributed by atoms with E-state index in [2.05, 4.69) is 5.32 Å². The Kier molecular flexibility index (Phi) is 5.42. The summed E-state index contributed by atoms with van der Waals surface area (Å²) in [5, 5.41) is 2.98. The molecule has 2 aliphatic heterocycles. The topological polar surface area (TPSA) is 90.0 Å². The normalized spacial score (nSPS) is 19.5. The summed E-state index contributed by atoms with van der Waals surface area (Å²) in [7, 11) is 3.26. The molecule has 4 rings (SSSR count). The van der Waals surface area contributed by atoms with Gasteiger partial charge in [0.2, 0.25) is 11.8 Å². The third kappa shape index (κ3) is 3.50. The van der Waals surface area contributed by atoms with E-state index < -0.39 is 11.6 Å². The van der Waals surface area contributed by atoms with Gasteiger partial charge in [-0.05, 0) is 43.7 Å². The third-order valence-corrected chi connectivity index (χ3v) is 6.27. The Hall–Kier alpha value is -3.39. The molecule has 0 aliphatic carbocycles. The Balaban J connectivity index is 1.61. The van der Waals surface area contributed by atoms with Gasteiger partial charge in [0.25, 0.3) is 11.8 Å². The van der Waals surface area contributed by atoms with Crippen molar-refractivity contribution in [2.75, 3.05) is 30.9 Å². The molecule has 2 aromatic rings. The van der Waals surface area contributed by atoms with Crippen LogP contribution < -0.4 is 10.2 Å². The van der Waals surface area contributed by atoms with E-state index in [1.807, 2.05) is 0 Å². The summed E-state index contributed by atoms with van der Waals surface area (Å²) in [5.41, 5.74) is 0.657. The fraction of sp³-hybridized carbons (Fsp3) is 0.304. The quantitative estimate of drug-likeness (QED) is 0.769. The maximum Gasteiger partial charge on any atom is 0.258 e. The number of amides is 4. The molecular formula is C23H23ClN4O4. The van der Waals surface area contributed by atoms with E-state index in [4.69, 9.17) is 11.6 Å². The first kappa shape index (κ1) is 21.8. The van der Waals surface area contributed by atoms with Crippen LogP contribution in [0.4, 0.5) is 11.4 Å². The number of anilines is 2. The molecule has 0 aromatic heterocycles. The van der Waals surface area contributed by atoms with Gasteiger partial charge in [-0.2, -0.15) is 0 Å². The Morgan fingerprint density at radius 1 is 1.16 bits per heavy atom. The number of carbonyl (C=O) groups is 4. The lowest BCUT2D eigenvalue weighted by molar-refractivity contribution is -0.120. The van der Waals surface area contributed by atoms with Crippen molar-refractivity contribution in [3.63, 3.8) is 0 Å². The summed E-state index contributed by atoms with van der Waals surface area (Å²) in [6.07, 6.45) is 0.712. The lowest BCUT2D eigenvalue weighted by atomic mass is 9.98. The average Bonchev–Trinajstić information content (AvgIpc) is 3.07. The highest BCUT2D eigenvalue weighted by Gasteiger charge is 2.53. The second-order valence-electron chi connectivity index (χ2n) is 8.30. The molecule has 0 spiro atoms. The van der Waals surface area contributed by atoms with Crippen LogP contribution in [0.2, 0.25) is 5.02 Å². The number of nitrogens with one attached hydrogen (secondary N) is 1. The zero-order chi connectivity index (χ0) is 23.2. The van der Waals surface area contributed by atoms with Crippen LogP contribution in [0, 0.1) is 0 Å². The average molecular weight is 455 g/mol. The number of nitrogens with zero attached hydrogens (tertiary/aromatic N) is 3. The van der Waals surface area contributed by atoms with Crippen LogP contribution in [0.3, 0.4) is 0 Å². The van der Waals surface area contributed by atoms with E-state index in [1.165, 1.54) is 21.9 Å². The van der Waals surface area contributed by atoms with Gasteiger partial charge < -0.3 is 15.1 Å². The highest BCUT2D eigenvalue weighted by atomic mass is 35.5. The Morgan fingerprint density at radius 2 is 1.88 bits per heavy atom. The Bertz CT molecular complexity index is 1150. The molecule has 2 aliphatic rings. The number of carbonyl (C=O) groups excluding carboxylic acids is 4. The first-order valence-electron chi connectivity index (χ1n) is 10.2. The summed E-state index contributed by atoms with van der Waals surface area (Å²) in [4.78, 5) is 55.6. The van der Waals surface area contributed by atoms with Gasteiger partial charge >= 0.3 is 0 Å². The van der Waals surface area contributed by atoms with Crippen LogP contribution in [-0.4, -0.2) is 59.7 Å². The maximum absolute atomic E-state index is 13.3. The molecule has 1 fully saturated rings. The molecule has 1 N–H and O–H groups in total. The van der Waals surface area contributed by atoms with Gasteiger partial charge in [-0.15, -0.1) is 0 Å². The molecule has 1 saturated heterocycles. The van der Waals surface area contributed by atoms with Gasteiger partial charge in [0, 0.05) is 26.1 Å². The first-order chi connectivity index (χ1) is 15.1. The minimum atomic E-state index is -0.938. The van der Waals surface area contributed by atoms with Crippen LogP contribution in [0.25, 0.3) is 0 Å². The van der Waals surface area contributed by atoms with Gasteiger partial charge in [-0.3, -0.25) is 24.1 Å². The lowest BCUT2D eigenvalue weighted by Gasteiger charge is -2.48. The summed E-state index contributed by atoms with van der Waals surface area (Å²) >= 11 is 6.23. The summed E-state index contributed by atoms with van der Waals surface area (Å²) in [6.45, 7) is 1.53. The van der Waals surface area contributed by atoms with E-state index in [-0.39, 0.29) is 41.4 Å². The van der Waals surface area contributed by atoms with Gasteiger partial charge in [0.1, 0.15) is 12.2 Å². The molecule has 0 radical (unpaired) electrons. The van der Waals surface area contributed by atoms with Crippen LogP contribution >= 0.6 is 11.6 Å². The van der Waals surface area contributed by atoms with E-state index in [1.54, 1.807) is 56.3 Å². The molecule has 0 bridgehead atoms. The van der Waals surface area contributed by atoms with Crippen molar-refractivity contribution in [1.29, 1.82) is 0 Å². The van der Waals surface area contributed by atoms with Crippen LogP contribution in [0.1, 0.15) is 40.5 Å². The third-order valence-electron chi connectivity index (χ3n) is 5.94. The molecule has 8 nitrogen and oxygen atoms in total. The van der Waals surface area contributed by atoms with Gasteiger partial charge in [0.15, 0.2) is 0 Å². The summed E-state index contributed by atoms with van der Waals surface area (Å²) in [5.74, 6) is -1.11. The molecular weight excluding hydrogens is 432 g/mol. The molecule has 166 valence electrons. The van der Waals surface area contributed by atoms with E-state index >= 15 is 0 Å². The fourth-order valence-electron chi connectivity index (χ4n) is 4.29. The second-order valence-corrected chi connectivity index (χ2v) is 8.70. The predicted octanol–water partition coefficient (Wildman–Crippen LogP) is 2.98. The zero-order valence-corrected chi connectivity index (χ0v) is 18.8. The SMILES string of the molecule is CN(C)C(=O)c1ccc(Cl)c(NC(=O)CN2C(=O)c3ccccc3N3C(=O)CCC23C)c1.